The Hall–Kier alpha value is -3.10. The predicted molar refractivity (Wildman–Crippen MR) is 113 cm³/mol. The van der Waals surface area contributed by atoms with Crippen molar-refractivity contribution in [3.8, 4) is 17.4 Å². The fraction of sp³-hybridized carbons (Fsp3) is 0.333. The van der Waals surface area contributed by atoms with Crippen molar-refractivity contribution >= 4 is 11.7 Å². The van der Waals surface area contributed by atoms with E-state index in [0.29, 0.717) is 18.2 Å². The summed E-state index contributed by atoms with van der Waals surface area (Å²) in [4.78, 5) is 4.54. The fourth-order valence-corrected chi connectivity index (χ4v) is 3.82. The van der Waals surface area contributed by atoms with E-state index in [1.165, 1.54) is 5.56 Å². The number of fused-ring (bicyclic) bond motifs is 1. The first-order chi connectivity index (χ1) is 13.9. The first kappa shape index (κ1) is 19.2. The Morgan fingerprint density at radius 3 is 2.69 bits per heavy atom. The summed E-state index contributed by atoms with van der Waals surface area (Å²) in [5, 5.41) is 22.7. The van der Waals surface area contributed by atoms with E-state index < -0.39 is 5.41 Å². The van der Waals surface area contributed by atoms with Crippen LogP contribution in [0.3, 0.4) is 0 Å². The van der Waals surface area contributed by atoms with Gasteiger partial charge in [0.2, 0.25) is 0 Å². The van der Waals surface area contributed by atoms with Gasteiger partial charge in [-0.05, 0) is 56.4 Å². The molecule has 1 aromatic heterocycles. The average Bonchev–Trinajstić information content (AvgIpc) is 3.08. The van der Waals surface area contributed by atoms with Gasteiger partial charge in [0.05, 0.1) is 23.3 Å². The summed E-state index contributed by atoms with van der Waals surface area (Å²) in [6.45, 7) is 5.73. The van der Waals surface area contributed by atoms with Crippen LogP contribution < -0.4 is 5.32 Å². The second kappa shape index (κ2) is 7.38. The predicted octanol–water partition coefficient (Wildman–Crippen LogP) is 5.04. The third-order valence-electron chi connectivity index (χ3n) is 5.65. The summed E-state index contributed by atoms with van der Waals surface area (Å²) in [7, 11) is 0. The van der Waals surface area contributed by atoms with E-state index in [-0.39, 0.29) is 6.10 Å². The van der Waals surface area contributed by atoms with Crippen LogP contribution in [0, 0.1) is 18.3 Å². The van der Waals surface area contributed by atoms with Gasteiger partial charge in [0.25, 0.3) is 6.01 Å². The number of nitrogens with one attached hydrogen (secondary N) is 1. The Morgan fingerprint density at radius 1 is 1.21 bits per heavy atom. The summed E-state index contributed by atoms with van der Waals surface area (Å²) in [5.41, 5.74) is 5.48. The Balaban J connectivity index is 1.61. The summed E-state index contributed by atoms with van der Waals surface area (Å²) >= 11 is 0. The Bertz CT molecular complexity index is 1070. The minimum atomic E-state index is -0.529. The number of anilines is 2. The molecule has 5 heteroatoms. The number of oxazole rings is 1. The number of aryl methyl sites for hydroxylation is 2. The van der Waals surface area contributed by atoms with E-state index in [2.05, 4.69) is 22.4 Å². The summed E-state index contributed by atoms with van der Waals surface area (Å²) in [6.07, 6.45) is 2.02. The largest absolute Gasteiger partial charge is 0.423 e. The third-order valence-corrected chi connectivity index (χ3v) is 5.65. The zero-order valence-electron chi connectivity index (χ0n) is 17.0. The highest BCUT2D eigenvalue weighted by Gasteiger charge is 2.22. The lowest BCUT2D eigenvalue weighted by Gasteiger charge is -2.23. The topological polar surface area (TPSA) is 82.1 Å². The number of hydrogen-bond acceptors (Lipinski definition) is 5. The fourth-order valence-electron chi connectivity index (χ4n) is 3.82. The summed E-state index contributed by atoms with van der Waals surface area (Å²) in [5.74, 6) is 0.707. The van der Waals surface area contributed by atoms with Crippen molar-refractivity contribution in [2.75, 3.05) is 5.32 Å². The summed E-state index contributed by atoms with van der Waals surface area (Å²) < 4.78 is 6.02. The summed E-state index contributed by atoms with van der Waals surface area (Å²) in [6, 6.07) is 16.7. The number of aliphatic hydroxyl groups is 1. The lowest BCUT2D eigenvalue weighted by molar-refractivity contribution is 0.159. The second-order valence-corrected chi connectivity index (χ2v) is 8.21. The smallest absolute Gasteiger partial charge is 0.299 e. The quantitative estimate of drug-likeness (QED) is 0.655. The Kier molecular flexibility index (Phi) is 4.89. The molecule has 1 aliphatic rings. The molecule has 5 nitrogen and oxygen atoms in total. The van der Waals surface area contributed by atoms with Crippen molar-refractivity contribution in [2.24, 2.45) is 0 Å². The molecule has 4 rings (SSSR count). The standard InChI is InChI=1S/C24H25N3O2/c1-15-22(17-7-10-18(11-8-17)24(2,3)14-25)29-23(26-15)27-21-6-4-5-16-9-12-19(28)13-20(16)21/h4-8,10-11,19,28H,9,12-13H2,1-3H3,(H,26,27). The van der Waals surface area contributed by atoms with Gasteiger partial charge in [-0.25, -0.2) is 0 Å². The zero-order chi connectivity index (χ0) is 20.6. The number of rotatable bonds is 4. The van der Waals surface area contributed by atoms with Crippen molar-refractivity contribution in [2.45, 2.75) is 51.6 Å². The highest BCUT2D eigenvalue weighted by atomic mass is 16.4. The molecule has 0 radical (unpaired) electrons. The number of benzene rings is 2. The zero-order valence-corrected chi connectivity index (χ0v) is 17.0. The molecule has 0 amide bonds. The van der Waals surface area contributed by atoms with Crippen molar-refractivity contribution in [1.29, 1.82) is 5.26 Å². The van der Waals surface area contributed by atoms with Gasteiger partial charge in [-0.15, -0.1) is 0 Å². The molecule has 1 aliphatic carbocycles. The van der Waals surface area contributed by atoms with Crippen molar-refractivity contribution in [1.82, 2.24) is 4.98 Å². The highest BCUT2D eigenvalue weighted by Crippen LogP contribution is 2.33. The molecule has 29 heavy (non-hydrogen) atoms. The van der Waals surface area contributed by atoms with E-state index >= 15 is 0 Å². The molecule has 0 bridgehead atoms. The molecular formula is C24H25N3O2. The second-order valence-electron chi connectivity index (χ2n) is 8.21. The SMILES string of the molecule is Cc1nc(Nc2cccc3c2CC(O)CC3)oc1-c1ccc(C(C)(C)C#N)cc1. The van der Waals surface area contributed by atoms with E-state index in [1.807, 2.05) is 57.2 Å². The molecule has 2 aromatic carbocycles. The van der Waals surface area contributed by atoms with Crippen LogP contribution in [0.15, 0.2) is 46.9 Å². The molecule has 0 aliphatic heterocycles. The van der Waals surface area contributed by atoms with Gasteiger partial charge in [0.1, 0.15) is 0 Å². The first-order valence-corrected chi connectivity index (χ1v) is 9.93. The van der Waals surface area contributed by atoms with Gasteiger partial charge in [-0.1, -0.05) is 36.4 Å². The van der Waals surface area contributed by atoms with E-state index in [9.17, 15) is 10.4 Å². The number of nitriles is 1. The van der Waals surface area contributed by atoms with E-state index in [0.717, 1.165) is 40.9 Å². The van der Waals surface area contributed by atoms with Gasteiger partial charge in [0, 0.05) is 17.7 Å². The molecular weight excluding hydrogens is 362 g/mol. The molecule has 148 valence electrons. The Labute approximate surface area is 171 Å². The maximum atomic E-state index is 10.1. The number of aliphatic hydroxyl groups excluding tert-OH is 1. The molecule has 0 spiro atoms. The van der Waals surface area contributed by atoms with E-state index in [1.54, 1.807) is 0 Å². The first-order valence-electron chi connectivity index (χ1n) is 9.93. The van der Waals surface area contributed by atoms with Crippen LogP contribution in [0.25, 0.3) is 11.3 Å². The van der Waals surface area contributed by atoms with Crippen molar-refractivity contribution in [3.63, 3.8) is 0 Å². The number of aromatic nitrogens is 1. The van der Waals surface area contributed by atoms with Crippen LogP contribution in [0.4, 0.5) is 11.7 Å². The number of nitrogens with zero attached hydrogens (tertiary/aromatic N) is 2. The maximum Gasteiger partial charge on any atom is 0.299 e. The van der Waals surface area contributed by atoms with Gasteiger partial charge in [0.15, 0.2) is 5.76 Å². The molecule has 1 atom stereocenters. The normalized spacial score (nSPS) is 16.2. The van der Waals surface area contributed by atoms with E-state index in [4.69, 9.17) is 4.42 Å². The van der Waals surface area contributed by atoms with Crippen LogP contribution in [0.5, 0.6) is 0 Å². The van der Waals surface area contributed by atoms with Crippen LogP contribution in [-0.4, -0.2) is 16.2 Å². The van der Waals surface area contributed by atoms with Gasteiger partial charge < -0.3 is 14.8 Å². The molecule has 0 fully saturated rings. The lowest BCUT2D eigenvalue weighted by atomic mass is 9.86. The molecule has 1 unspecified atom stereocenters. The Morgan fingerprint density at radius 2 is 1.97 bits per heavy atom. The van der Waals surface area contributed by atoms with Gasteiger partial charge in [-0.3, -0.25) is 0 Å². The number of hydrogen-bond donors (Lipinski definition) is 2. The molecule has 0 saturated carbocycles. The lowest BCUT2D eigenvalue weighted by Crippen LogP contribution is -2.19. The van der Waals surface area contributed by atoms with Gasteiger partial charge in [-0.2, -0.15) is 10.2 Å². The van der Waals surface area contributed by atoms with Gasteiger partial charge >= 0.3 is 0 Å². The van der Waals surface area contributed by atoms with Crippen molar-refractivity contribution < 1.29 is 9.52 Å². The molecule has 2 N–H and O–H groups in total. The molecule has 1 heterocycles. The minimum Gasteiger partial charge on any atom is -0.423 e. The maximum absolute atomic E-state index is 10.1. The van der Waals surface area contributed by atoms with Crippen LogP contribution >= 0.6 is 0 Å². The molecule has 3 aromatic rings. The van der Waals surface area contributed by atoms with Crippen LogP contribution in [0.2, 0.25) is 0 Å². The van der Waals surface area contributed by atoms with Crippen LogP contribution in [-0.2, 0) is 18.3 Å². The monoisotopic (exact) mass is 387 g/mol. The minimum absolute atomic E-state index is 0.302. The van der Waals surface area contributed by atoms with Crippen molar-refractivity contribution in [3.05, 3.63) is 64.8 Å². The highest BCUT2D eigenvalue weighted by molar-refractivity contribution is 5.65. The molecule has 0 saturated heterocycles. The van der Waals surface area contributed by atoms with Crippen LogP contribution in [0.1, 0.15) is 42.7 Å². The average molecular weight is 387 g/mol. The third kappa shape index (κ3) is 3.76.